The summed E-state index contributed by atoms with van der Waals surface area (Å²) < 4.78 is 25.0. The van der Waals surface area contributed by atoms with Crippen molar-refractivity contribution >= 4 is 17.5 Å². The van der Waals surface area contributed by atoms with Gasteiger partial charge in [-0.15, -0.1) is 0 Å². The van der Waals surface area contributed by atoms with Gasteiger partial charge in [0.1, 0.15) is 17.3 Å². The van der Waals surface area contributed by atoms with Gasteiger partial charge in [0.25, 0.3) is 5.91 Å². The Morgan fingerprint density at radius 3 is 2.39 bits per heavy atom. The number of amides is 1. The van der Waals surface area contributed by atoms with E-state index in [-0.39, 0.29) is 24.3 Å². The van der Waals surface area contributed by atoms with Gasteiger partial charge < -0.3 is 14.8 Å². The molecule has 1 amide bonds. The van der Waals surface area contributed by atoms with Gasteiger partial charge >= 0.3 is 0 Å². The maximum absolute atomic E-state index is 14.5. The van der Waals surface area contributed by atoms with Crippen LogP contribution in [0, 0.1) is 5.82 Å². The molecule has 1 aliphatic heterocycles. The van der Waals surface area contributed by atoms with E-state index in [1.165, 1.54) is 20.3 Å². The summed E-state index contributed by atoms with van der Waals surface area (Å²) in [6.45, 7) is 1.94. The van der Waals surface area contributed by atoms with Crippen molar-refractivity contribution in [2.24, 2.45) is 0 Å². The summed E-state index contributed by atoms with van der Waals surface area (Å²) in [4.78, 5) is 14.9. The number of rotatable bonds is 7. The van der Waals surface area contributed by atoms with E-state index in [0.717, 1.165) is 25.9 Å². The molecule has 0 bridgehead atoms. The number of nitrogens with one attached hydrogen (secondary N) is 1. The average Bonchev–Trinajstić information content (AvgIpc) is 3.23. The van der Waals surface area contributed by atoms with Gasteiger partial charge in [-0.25, -0.2) is 4.39 Å². The molecule has 1 saturated heterocycles. The van der Waals surface area contributed by atoms with Gasteiger partial charge in [-0.2, -0.15) is 0 Å². The SMILES string of the molecule is COc1cc(OC)cc(C(=O)NCC(c2c(F)cccc2Cl)N2CCCC2)c1. The predicted octanol–water partition coefficient (Wildman–Crippen LogP) is 4.06. The molecule has 1 atom stereocenters. The molecule has 1 N–H and O–H groups in total. The van der Waals surface area contributed by atoms with E-state index in [1.807, 2.05) is 0 Å². The lowest BCUT2D eigenvalue weighted by atomic mass is 10.0. The van der Waals surface area contributed by atoms with Crippen molar-refractivity contribution in [3.63, 3.8) is 0 Å². The maximum Gasteiger partial charge on any atom is 0.251 e. The molecule has 0 radical (unpaired) electrons. The third kappa shape index (κ3) is 4.56. The first kappa shape index (κ1) is 20.4. The molecule has 150 valence electrons. The smallest absolute Gasteiger partial charge is 0.251 e. The summed E-state index contributed by atoms with van der Waals surface area (Å²) >= 11 is 6.30. The number of nitrogens with zero attached hydrogens (tertiary/aromatic N) is 1. The number of hydrogen-bond donors (Lipinski definition) is 1. The van der Waals surface area contributed by atoms with Crippen molar-refractivity contribution in [2.75, 3.05) is 33.9 Å². The standard InChI is InChI=1S/C21H24ClFN2O3/c1-27-15-10-14(11-16(12-15)28-2)21(26)24-13-19(25-8-3-4-9-25)20-17(22)6-5-7-18(20)23/h5-7,10-12,19H,3-4,8-9,13H2,1-2H3,(H,24,26). The number of benzene rings is 2. The number of carbonyl (C=O) groups is 1. The fraction of sp³-hybridized carbons (Fsp3) is 0.381. The highest BCUT2D eigenvalue weighted by molar-refractivity contribution is 6.31. The Balaban J connectivity index is 1.81. The second kappa shape index (κ2) is 9.26. The number of methoxy groups -OCH3 is 2. The summed E-state index contributed by atoms with van der Waals surface area (Å²) in [6.07, 6.45) is 2.09. The van der Waals surface area contributed by atoms with E-state index in [1.54, 1.807) is 30.3 Å². The van der Waals surface area contributed by atoms with Gasteiger partial charge in [-0.3, -0.25) is 9.69 Å². The largest absolute Gasteiger partial charge is 0.497 e. The number of likely N-dealkylation sites (tertiary alicyclic amines) is 1. The first-order valence-corrected chi connectivity index (χ1v) is 9.60. The van der Waals surface area contributed by atoms with Crippen molar-refractivity contribution < 1.29 is 18.7 Å². The Morgan fingerprint density at radius 1 is 1.18 bits per heavy atom. The second-order valence-corrected chi connectivity index (χ2v) is 7.11. The number of ether oxygens (including phenoxy) is 2. The van der Waals surface area contributed by atoms with E-state index >= 15 is 0 Å². The molecule has 28 heavy (non-hydrogen) atoms. The van der Waals surface area contributed by atoms with E-state index in [0.29, 0.717) is 27.6 Å². The van der Waals surface area contributed by atoms with Gasteiger partial charge in [0, 0.05) is 28.8 Å². The average molecular weight is 407 g/mol. The van der Waals surface area contributed by atoms with Crippen molar-refractivity contribution in [2.45, 2.75) is 18.9 Å². The van der Waals surface area contributed by atoms with Crippen LogP contribution >= 0.6 is 11.6 Å². The van der Waals surface area contributed by atoms with E-state index in [2.05, 4.69) is 10.2 Å². The van der Waals surface area contributed by atoms with Crippen LogP contribution in [0.2, 0.25) is 5.02 Å². The zero-order valence-electron chi connectivity index (χ0n) is 16.0. The van der Waals surface area contributed by atoms with E-state index in [9.17, 15) is 9.18 Å². The van der Waals surface area contributed by atoms with Gasteiger partial charge in [0.2, 0.25) is 0 Å². The lowest BCUT2D eigenvalue weighted by Crippen LogP contribution is -2.37. The van der Waals surface area contributed by atoms with E-state index in [4.69, 9.17) is 21.1 Å². The molecule has 3 rings (SSSR count). The zero-order valence-corrected chi connectivity index (χ0v) is 16.8. The third-order valence-electron chi connectivity index (χ3n) is 4.98. The Labute approximate surface area is 169 Å². The zero-order chi connectivity index (χ0) is 20.1. The minimum Gasteiger partial charge on any atom is -0.497 e. The fourth-order valence-electron chi connectivity index (χ4n) is 3.53. The molecule has 1 heterocycles. The van der Waals surface area contributed by atoms with Crippen LogP contribution < -0.4 is 14.8 Å². The molecule has 7 heteroatoms. The van der Waals surface area contributed by atoms with Crippen LogP contribution in [0.3, 0.4) is 0 Å². The van der Waals surface area contributed by atoms with Crippen LogP contribution in [0.15, 0.2) is 36.4 Å². The second-order valence-electron chi connectivity index (χ2n) is 6.71. The summed E-state index contributed by atoms with van der Waals surface area (Å²) in [5.41, 5.74) is 0.839. The molecule has 2 aromatic carbocycles. The summed E-state index contributed by atoms with van der Waals surface area (Å²) in [7, 11) is 3.06. The van der Waals surface area contributed by atoms with Crippen LogP contribution in [-0.4, -0.2) is 44.7 Å². The number of halogens is 2. The van der Waals surface area contributed by atoms with Gasteiger partial charge in [-0.05, 0) is 50.2 Å². The van der Waals surface area contributed by atoms with Crippen molar-refractivity contribution in [1.82, 2.24) is 10.2 Å². The molecular weight excluding hydrogens is 383 g/mol. The Bertz CT molecular complexity index is 798. The molecule has 1 unspecified atom stereocenters. The first-order chi connectivity index (χ1) is 13.5. The molecular formula is C21H24ClFN2O3. The molecule has 5 nitrogen and oxygen atoms in total. The Kier molecular flexibility index (Phi) is 6.75. The Hall–Kier alpha value is -2.31. The molecule has 2 aromatic rings. The minimum absolute atomic E-state index is 0.249. The minimum atomic E-state index is -0.360. The molecule has 0 aliphatic carbocycles. The van der Waals surface area contributed by atoms with Crippen LogP contribution in [0.25, 0.3) is 0 Å². The molecule has 1 aliphatic rings. The molecule has 0 saturated carbocycles. The van der Waals surface area contributed by atoms with Crippen LogP contribution in [0.5, 0.6) is 11.5 Å². The monoisotopic (exact) mass is 406 g/mol. The van der Waals surface area contributed by atoms with Crippen LogP contribution in [0.4, 0.5) is 4.39 Å². The molecule has 0 aromatic heterocycles. The lowest BCUT2D eigenvalue weighted by molar-refractivity contribution is 0.0936. The van der Waals surface area contributed by atoms with Crippen molar-refractivity contribution in [3.8, 4) is 11.5 Å². The van der Waals surface area contributed by atoms with Gasteiger partial charge in [-0.1, -0.05) is 17.7 Å². The Morgan fingerprint density at radius 2 is 1.82 bits per heavy atom. The highest BCUT2D eigenvalue weighted by Crippen LogP contribution is 2.32. The summed E-state index contributed by atoms with van der Waals surface area (Å²) in [6, 6.07) is 9.31. The van der Waals surface area contributed by atoms with Crippen molar-refractivity contribution in [1.29, 1.82) is 0 Å². The molecule has 0 spiro atoms. The summed E-state index contributed by atoms with van der Waals surface area (Å²) in [5, 5.41) is 3.28. The maximum atomic E-state index is 14.5. The normalized spacial score (nSPS) is 15.3. The summed E-state index contributed by atoms with van der Waals surface area (Å²) in [5.74, 6) is 0.408. The van der Waals surface area contributed by atoms with Gasteiger partial charge in [0.05, 0.1) is 20.3 Å². The van der Waals surface area contributed by atoms with E-state index < -0.39 is 0 Å². The van der Waals surface area contributed by atoms with Crippen LogP contribution in [-0.2, 0) is 0 Å². The fourth-order valence-corrected chi connectivity index (χ4v) is 3.81. The first-order valence-electron chi connectivity index (χ1n) is 9.22. The predicted molar refractivity (Wildman–Crippen MR) is 107 cm³/mol. The number of hydrogen-bond acceptors (Lipinski definition) is 4. The van der Waals surface area contributed by atoms with Crippen LogP contribution in [0.1, 0.15) is 34.8 Å². The third-order valence-corrected chi connectivity index (χ3v) is 5.31. The highest BCUT2D eigenvalue weighted by Gasteiger charge is 2.28. The molecule has 1 fully saturated rings. The lowest BCUT2D eigenvalue weighted by Gasteiger charge is -2.29. The topological polar surface area (TPSA) is 50.8 Å². The quantitative estimate of drug-likeness (QED) is 0.753. The van der Waals surface area contributed by atoms with Gasteiger partial charge in [0.15, 0.2) is 0 Å². The van der Waals surface area contributed by atoms with Crippen molar-refractivity contribution in [3.05, 3.63) is 58.4 Å². The highest BCUT2D eigenvalue weighted by atomic mass is 35.5. The number of carbonyl (C=O) groups excluding carboxylic acids is 1.